The third-order valence-electron chi connectivity index (χ3n) is 3.34. The average Bonchev–Trinajstić information content (AvgIpc) is 2.37. The number of nitrogens with one attached hydrogen (secondary N) is 1. The van der Waals surface area contributed by atoms with Gasteiger partial charge < -0.3 is 10.1 Å². The highest BCUT2D eigenvalue weighted by Crippen LogP contribution is 2.32. The molecule has 1 atom stereocenters. The molecule has 0 amide bonds. The lowest BCUT2D eigenvalue weighted by Crippen LogP contribution is -2.27. The number of ether oxygens (including phenoxy) is 1. The first-order valence-electron chi connectivity index (χ1n) is 6.24. The molecule has 1 N–H and O–H groups in total. The van der Waals surface area contributed by atoms with Gasteiger partial charge in [0.1, 0.15) is 16.5 Å². The van der Waals surface area contributed by atoms with E-state index in [-0.39, 0.29) is 16.7 Å². The Kier molecular flexibility index (Phi) is 4.10. The van der Waals surface area contributed by atoms with Gasteiger partial charge in [-0.1, -0.05) is 6.42 Å². The van der Waals surface area contributed by atoms with Crippen LogP contribution in [0.5, 0.6) is 5.75 Å². The van der Waals surface area contributed by atoms with Crippen molar-refractivity contribution in [3.8, 4) is 5.75 Å². The zero-order chi connectivity index (χ0) is 14.0. The molecular weight excluding hydrogens is 269 g/mol. The van der Waals surface area contributed by atoms with Crippen LogP contribution in [-0.2, 0) is 9.84 Å². The van der Waals surface area contributed by atoms with E-state index in [2.05, 4.69) is 5.32 Å². The number of sulfone groups is 1. The molecule has 1 fully saturated rings. The fraction of sp³-hybridized carbons (Fsp3) is 0.538. The highest BCUT2D eigenvalue weighted by Gasteiger charge is 2.24. The lowest BCUT2D eigenvalue weighted by molar-refractivity contribution is 0.384. The second-order valence-corrected chi connectivity index (χ2v) is 6.76. The van der Waals surface area contributed by atoms with Crippen LogP contribution >= 0.6 is 0 Å². The van der Waals surface area contributed by atoms with Crippen LogP contribution in [0.4, 0.5) is 4.39 Å². The van der Waals surface area contributed by atoms with Crippen LogP contribution in [0, 0.1) is 5.82 Å². The quantitative estimate of drug-likeness (QED) is 0.924. The van der Waals surface area contributed by atoms with Gasteiger partial charge in [0.2, 0.25) is 0 Å². The van der Waals surface area contributed by atoms with E-state index in [1.807, 2.05) is 0 Å². The number of methoxy groups -OCH3 is 1. The second kappa shape index (κ2) is 5.46. The SMILES string of the molecule is COc1cc(C2CCCCN2)cc(F)c1S(C)(=O)=O. The van der Waals surface area contributed by atoms with E-state index in [4.69, 9.17) is 4.74 Å². The smallest absolute Gasteiger partial charge is 0.182 e. The first-order valence-corrected chi connectivity index (χ1v) is 8.13. The number of rotatable bonds is 3. The Morgan fingerprint density at radius 1 is 1.37 bits per heavy atom. The Morgan fingerprint density at radius 2 is 2.11 bits per heavy atom. The molecule has 0 bridgehead atoms. The van der Waals surface area contributed by atoms with Gasteiger partial charge in [0, 0.05) is 12.3 Å². The monoisotopic (exact) mass is 287 g/mol. The topological polar surface area (TPSA) is 55.4 Å². The summed E-state index contributed by atoms with van der Waals surface area (Å²) in [7, 11) is -2.30. The summed E-state index contributed by atoms with van der Waals surface area (Å²) in [5.74, 6) is -0.672. The zero-order valence-corrected chi connectivity index (χ0v) is 11.9. The zero-order valence-electron chi connectivity index (χ0n) is 11.1. The Labute approximate surface area is 112 Å². The molecule has 0 aromatic heterocycles. The van der Waals surface area contributed by atoms with E-state index >= 15 is 0 Å². The van der Waals surface area contributed by atoms with E-state index < -0.39 is 15.7 Å². The van der Waals surface area contributed by atoms with Gasteiger partial charge in [-0.3, -0.25) is 0 Å². The molecule has 0 aliphatic carbocycles. The minimum atomic E-state index is -3.64. The van der Waals surface area contributed by atoms with Gasteiger partial charge in [0.15, 0.2) is 9.84 Å². The van der Waals surface area contributed by atoms with Gasteiger partial charge in [-0.15, -0.1) is 0 Å². The Morgan fingerprint density at radius 3 is 2.63 bits per heavy atom. The number of benzene rings is 1. The molecule has 0 radical (unpaired) electrons. The normalized spacial score (nSPS) is 20.3. The molecule has 6 heteroatoms. The van der Waals surface area contributed by atoms with Gasteiger partial charge in [-0.25, -0.2) is 12.8 Å². The summed E-state index contributed by atoms with van der Waals surface area (Å²) in [6, 6.07) is 2.97. The van der Waals surface area contributed by atoms with Gasteiger partial charge in [0.25, 0.3) is 0 Å². The highest BCUT2D eigenvalue weighted by molar-refractivity contribution is 7.90. The molecule has 1 aliphatic rings. The molecule has 1 aromatic rings. The summed E-state index contributed by atoms with van der Waals surface area (Å²) in [4.78, 5) is -0.366. The molecule has 1 heterocycles. The maximum atomic E-state index is 14.1. The van der Waals surface area contributed by atoms with Gasteiger partial charge in [-0.2, -0.15) is 0 Å². The number of hydrogen-bond donors (Lipinski definition) is 1. The van der Waals surface area contributed by atoms with Crippen molar-refractivity contribution in [1.82, 2.24) is 5.32 Å². The number of halogens is 1. The Hall–Kier alpha value is -1.14. The van der Waals surface area contributed by atoms with Crippen molar-refractivity contribution in [3.05, 3.63) is 23.5 Å². The van der Waals surface area contributed by atoms with Crippen molar-refractivity contribution in [2.75, 3.05) is 19.9 Å². The largest absolute Gasteiger partial charge is 0.495 e. The lowest BCUT2D eigenvalue weighted by atomic mass is 9.97. The maximum absolute atomic E-state index is 14.1. The molecule has 1 aromatic carbocycles. The van der Waals surface area contributed by atoms with Gasteiger partial charge >= 0.3 is 0 Å². The van der Waals surface area contributed by atoms with Crippen molar-refractivity contribution in [2.24, 2.45) is 0 Å². The van der Waals surface area contributed by atoms with E-state index in [9.17, 15) is 12.8 Å². The van der Waals surface area contributed by atoms with Crippen LogP contribution in [0.15, 0.2) is 17.0 Å². The van der Waals surface area contributed by atoms with Crippen molar-refractivity contribution < 1.29 is 17.5 Å². The van der Waals surface area contributed by atoms with Crippen molar-refractivity contribution in [2.45, 2.75) is 30.2 Å². The lowest BCUT2D eigenvalue weighted by Gasteiger charge is -2.24. The molecule has 19 heavy (non-hydrogen) atoms. The predicted molar refractivity (Wildman–Crippen MR) is 70.7 cm³/mol. The van der Waals surface area contributed by atoms with Crippen LogP contribution in [0.1, 0.15) is 30.9 Å². The van der Waals surface area contributed by atoms with Gasteiger partial charge in [0.05, 0.1) is 7.11 Å². The number of piperidine rings is 1. The van der Waals surface area contributed by atoms with E-state index in [1.165, 1.54) is 13.2 Å². The first-order chi connectivity index (χ1) is 8.93. The summed E-state index contributed by atoms with van der Waals surface area (Å²) in [5.41, 5.74) is 0.737. The Bertz CT molecular complexity index is 565. The first kappa shape index (κ1) is 14.3. The van der Waals surface area contributed by atoms with Crippen molar-refractivity contribution in [3.63, 3.8) is 0 Å². The molecule has 0 saturated carbocycles. The maximum Gasteiger partial charge on any atom is 0.182 e. The van der Waals surface area contributed by atoms with Crippen LogP contribution < -0.4 is 10.1 Å². The van der Waals surface area contributed by atoms with E-state index in [0.29, 0.717) is 0 Å². The van der Waals surface area contributed by atoms with Crippen molar-refractivity contribution >= 4 is 9.84 Å². The minimum absolute atomic E-state index is 0.0609. The molecule has 2 rings (SSSR count). The predicted octanol–water partition coefficient (Wildman–Crippen LogP) is 2.05. The van der Waals surface area contributed by atoms with Crippen molar-refractivity contribution in [1.29, 1.82) is 0 Å². The summed E-state index contributed by atoms with van der Waals surface area (Å²) >= 11 is 0. The van der Waals surface area contributed by atoms with Crippen LogP contribution in [0.2, 0.25) is 0 Å². The van der Waals surface area contributed by atoms with Crippen LogP contribution in [0.3, 0.4) is 0 Å². The third kappa shape index (κ3) is 3.06. The fourth-order valence-electron chi connectivity index (χ4n) is 2.44. The molecule has 1 aliphatic heterocycles. The number of hydrogen-bond acceptors (Lipinski definition) is 4. The van der Waals surface area contributed by atoms with E-state index in [0.717, 1.165) is 37.6 Å². The average molecular weight is 287 g/mol. The van der Waals surface area contributed by atoms with Crippen LogP contribution in [-0.4, -0.2) is 28.3 Å². The summed E-state index contributed by atoms with van der Waals surface area (Å²) < 4.78 is 42.3. The fourth-order valence-corrected chi connectivity index (χ4v) is 3.36. The summed E-state index contributed by atoms with van der Waals surface area (Å²) in [6.07, 6.45) is 4.08. The minimum Gasteiger partial charge on any atom is -0.495 e. The Balaban J connectivity index is 2.47. The highest BCUT2D eigenvalue weighted by atomic mass is 32.2. The van der Waals surface area contributed by atoms with E-state index in [1.54, 1.807) is 6.07 Å². The summed E-state index contributed by atoms with van der Waals surface area (Å²) in [5, 5.41) is 3.30. The van der Waals surface area contributed by atoms with Gasteiger partial charge in [-0.05, 0) is 37.1 Å². The summed E-state index contributed by atoms with van der Waals surface area (Å²) in [6.45, 7) is 0.891. The van der Waals surface area contributed by atoms with Crippen LogP contribution in [0.25, 0.3) is 0 Å². The molecule has 106 valence electrons. The molecule has 1 unspecified atom stereocenters. The molecular formula is C13H18FNO3S. The molecule has 0 spiro atoms. The third-order valence-corrected chi connectivity index (χ3v) is 4.47. The molecule has 4 nitrogen and oxygen atoms in total. The molecule has 1 saturated heterocycles. The second-order valence-electron chi connectivity index (χ2n) is 4.81. The standard InChI is InChI=1S/C13H18FNO3S/c1-18-12-8-9(11-5-3-4-6-15-11)7-10(14)13(12)19(2,16)17/h7-8,11,15H,3-6H2,1-2H3.